The van der Waals surface area contributed by atoms with E-state index >= 15 is 0 Å². The third-order valence-electron chi connectivity index (χ3n) is 3.30. The molecule has 0 unspecified atom stereocenters. The summed E-state index contributed by atoms with van der Waals surface area (Å²) in [6, 6.07) is 13.5. The standard InChI is InChI=1S/C20H22ClN3O2S/c1-3-10-26-19-12-17(21)16(11-18(19)25-4-2)13-23-24-20(22)27-14-15-8-6-5-7-9-15/h3,5-9,11-13H,1,4,10,14H2,2H3,(H2,22,24). The van der Waals surface area contributed by atoms with Crippen LogP contribution in [-0.4, -0.2) is 24.6 Å². The van der Waals surface area contributed by atoms with Gasteiger partial charge >= 0.3 is 0 Å². The number of rotatable bonds is 9. The van der Waals surface area contributed by atoms with Crippen molar-refractivity contribution in [3.8, 4) is 11.5 Å². The highest BCUT2D eigenvalue weighted by Gasteiger charge is 2.10. The van der Waals surface area contributed by atoms with E-state index in [4.69, 9.17) is 26.8 Å². The van der Waals surface area contributed by atoms with Gasteiger partial charge in [-0.2, -0.15) is 5.10 Å². The Morgan fingerprint density at radius 1 is 1.22 bits per heavy atom. The van der Waals surface area contributed by atoms with E-state index in [1.807, 2.05) is 37.3 Å². The molecule has 27 heavy (non-hydrogen) atoms. The summed E-state index contributed by atoms with van der Waals surface area (Å²) in [6.45, 7) is 6.40. The summed E-state index contributed by atoms with van der Waals surface area (Å²) in [5.74, 6) is 1.87. The molecule has 0 saturated carbocycles. The van der Waals surface area contributed by atoms with Crippen molar-refractivity contribution in [1.29, 1.82) is 0 Å². The predicted molar refractivity (Wildman–Crippen MR) is 115 cm³/mol. The van der Waals surface area contributed by atoms with Gasteiger partial charge in [0.15, 0.2) is 16.7 Å². The molecule has 0 aromatic heterocycles. The third-order valence-corrected chi connectivity index (χ3v) is 4.48. The fourth-order valence-electron chi connectivity index (χ4n) is 2.09. The topological polar surface area (TPSA) is 69.2 Å². The van der Waals surface area contributed by atoms with Crippen LogP contribution in [0.3, 0.4) is 0 Å². The van der Waals surface area contributed by atoms with Gasteiger partial charge in [-0.1, -0.05) is 66.3 Å². The Hall–Kier alpha value is -2.44. The molecule has 0 bridgehead atoms. The highest BCUT2D eigenvalue weighted by atomic mass is 35.5. The molecule has 2 aromatic rings. The molecule has 0 atom stereocenters. The average molecular weight is 404 g/mol. The lowest BCUT2D eigenvalue weighted by molar-refractivity contribution is 0.297. The van der Waals surface area contributed by atoms with E-state index in [0.717, 1.165) is 5.75 Å². The van der Waals surface area contributed by atoms with Crippen molar-refractivity contribution in [2.45, 2.75) is 12.7 Å². The lowest BCUT2D eigenvalue weighted by atomic mass is 10.2. The molecule has 2 rings (SSSR count). The zero-order chi connectivity index (χ0) is 19.5. The lowest BCUT2D eigenvalue weighted by Crippen LogP contribution is -2.06. The minimum Gasteiger partial charge on any atom is -0.490 e. The van der Waals surface area contributed by atoms with E-state index in [2.05, 4.69) is 16.8 Å². The Kier molecular flexibility index (Phi) is 8.74. The molecule has 7 heteroatoms. The maximum Gasteiger partial charge on any atom is 0.180 e. The minimum absolute atomic E-state index is 0.364. The smallest absolute Gasteiger partial charge is 0.180 e. The van der Waals surface area contributed by atoms with Gasteiger partial charge < -0.3 is 15.2 Å². The van der Waals surface area contributed by atoms with Gasteiger partial charge in [0.2, 0.25) is 0 Å². The van der Waals surface area contributed by atoms with Crippen molar-refractivity contribution in [3.63, 3.8) is 0 Å². The fraction of sp³-hybridized carbons (Fsp3) is 0.200. The van der Waals surface area contributed by atoms with Gasteiger partial charge in [-0.25, -0.2) is 0 Å². The van der Waals surface area contributed by atoms with E-state index in [9.17, 15) is 0 Å². The third kappa shape index (κ3) is 7.00. The van der Waals surface area contributed by atoms with Crippen LogP contribution in [0.5, 0.6) is 11.5 Å². The summed E-state index contributed by atoms with van der Waals surface area (Å²) in [4.78, 5) is 0. The van der Waals surface area contributed by atoms with Crippen LogP contribution in [0.15, 0.2) is 65.3 Å². The van der Waals surface area contributed by atoms with Crippen molar-refractivity contribution < 1.29 is 9.47 Å². The van der Waals surface area contributed by atoms with E-state index < -0.39 is 0 Å². The molecule has 0 aliphatic heterocycles. The average Bonchev–Trinajstić information content (AvgIpc) is 2.68. The number of nitrogens with zero attached hydrogens (tertiary/aromatic N) is 2. The quantitative estimate of drug-likeness (QED) is 0.280. The number of nitrogens with two attached hydrogens (primary N) is 1. The van der Waals surface area contributed by atoms with Crippen LogP contribution in [0.25, 0.3) is 0 Å². The minimum atomic E-state index is 0.364. The van der Waals surface area contributed by atoms with Crippen LogP contribution in [0.4, 0.5) is 0 Å². The molecule has 142 valence electrons. The molecule has 0 heterocycles. The van der Waals surface area contributed by atoms with Crippen LogP contribution in [-0.2, 0) is 5.75 Å². The van der Waals surface area contributed by atoms with Gasteiger partial charge in [0, 0.05) is 17.4 Å². The summed E-state index contributed by atoms with van der Waals surface area (Å²) in [5, 5.41) is 8.89. The first-order valence-electron chi connectivity index (χ1n) is 8.37. The maximum absolute atomic E-state index is 6.30. The normalized spacial score (nSPS) is 11.6. The molecule has 0 saturated heterocycles. The Balaban J connectivity index is 2.05. The zero-order valence-corrected chi connectivity index (χ0v) is 16.7. The summed E-state index contributed by atoms with van der Waals surface area (Å²) < 4.78 is 11.2. The van der Waals surface area contributed by atoms with Crippen LogP contribution in [0.2, 0.25) is 5.02 Å². The Bertz CT molecular complexity index is 810. The van der Waals surface area contributed by atoms with Crippen LogP contribution in [0.1, 0.15) is 18.1 Å². The van der Waals surface area contributed by atoms with E-state index in [1.165, 1.54) is 23.5 Å². The monoisotopic (exact) mass is 403 g/mol. The van der Waals surface area contributed by atoms with E-state index in [1.54, 1.807) is 18.2 Å². The van der Waals surface area contributed by atoms with Crippen molar-refractivity contribution in [2.75, 3.05) is 13.2 Å². The fourth-order valence-corrected chi connectivity index (χ4v) is 2.90. The molecule has 0 radical (unpaired) electrons. The summed E-state index contributed by atoms with van der Waals surface area (Å²) in [6.07, 6.45) is 3.20. The first-order chi connectivity index (χ1) is 13.1. The molecule has 0 aliphatic rings. The largest absolute Gasteiger partial charge is 0.490 e. The number of amidine groups is 1. The Morgan fingerprint density at radius 2 is 1.96 bits per heavy atom. The van der Waals surface area contributed by atoms with Gasteiger partial charge in [0.1, 0.15) is 6.61 Å². The van der Waals surface area contributed by atoms with Gasteiger partial charge in [0.25, 0.3) is 0 Å². The van der Waals surface area contributed by atoms with Gasteiger partial charge in [-0.15, -0.1) is 5.10 Å². The highest BCUT2D eigenvalue weighted by Crippen LogP contribution is 2.33. The van der Waals surface area contributed by atoms with Crippen molar-refractivity contribution in [2.24, 2.45) is 15.9 Å². The molecule has 0 amide bonds. The molecule has 2 aromatic carbocycles. The van der Waals surface area contributed by atoms with Crippen LogP contribution in [0, 0.1) is 0 Å². The Morgan fingerprint density at radius 3 is 2.67 bits per heavy atom. The molecule has 0 fully saturated rings. The van der Waals surface area contributed by atoms with Crippen molar-refractivity contribution in [1.82, 2.24) is 0 Å². The number of benzene rings is 2. The zero-order valence-electron chi connectivity index (χ0n) is 15.1. The lowest BCUT2D eigenvalue weighted by Gasteiger charge is -2.12. The number of thioether (sulfide) groups is 1. The number of ether oxygens (including phenoxy) is 2. The summed E-state index contributed by atoms with van der Waals surface area (Å²) in [7, 11) is 0. The first-order valence-corrected chi connectivity index (χ1v) is 9.73. The molecule has 0 aliphatic carbocycles. The van der Waals surface area contributed by atoms with Crippen molar-refractivity contribution >= 4 is 34.7 Å². The first kappa shape index (κ1) is 20.9. The van der Waals surface area contributed by atoms with Crippen LogP contribution >= 0.6 is 23.4 Å². The van der Waals surface area contributed by atoms with Gasteiger partial charge in [-0.3, -0.25) is 0 Å². The maximum atomic E-state index is 6.30. The van der Waals surface area contributed by atoms with Crippen LogP contribution < -0.4 is 15.2 Å². The molecule has 5 nitrogen and oxygen atoms in total. The molecular formula is C20H22ClN3O2S. The molecule has 2 N–H and O–H groups in total. The second-order valence-electron chi connectivity index (χ2n) is 5.31. The number of hydrogen-bond acceptors (Lipinski definition) is 5. The van der Waals surface area contributed by atoms with E-state index in [-0.39, 0.29) is 0 Å². The van der Waals surface area contributed by atoms with E-state index in [0.29, 0.717) is 40.5 Å². The second kappa shape index (κ2) is 11.3. The van der Waals surface area contributed by atoms with Gasteiger partial charge in [-0.05, 0) is 18.6 Å². The SMILES string of the molecule is C=CCOc1cc(Cl)c(C=NN=C(N)SCc2ccccc2)cc1OCC. The predicted octanol–water partition coefficient (Wildman–Crippen LogP) is 4.89. The summed E-state index contributed by atoms with van der Waals surface area (Å²) >= 11 is 7.72. The summed E-state index contributed by atoms with van der Waals surface area (Å²) in [5.41, 5.74) is 7.73. The molecular weight excluding hydrogens is 382 g/mol. The number of halogens is 1. The van der Waals surface area contributed by atoms with Crippen molar-refractivity contribution in [3.05, 3.63) is 71.3 Å². The van der Waals surface area contributed by atoms with Gasteiger partial charge in [0.05, 0.1) is 17.8 Å². The number of hydrogen-bond donors (Lipinski definition) is 1. The Labute approximate surface area is 168 Å². The second-order valence-corrected chi connectivity index (χ2v) is 6.71. The molecule has 0 spiro atoms. The highest BCUT2D eigenvalue weighted by molar-refractivity contribution is 8.13.